The molecule has 0 saturated heterocycles. The van der Waals surface area contributed by atoms with Crippen LogP contribution in [0.2, 0.25) is 5.02 Å². The summed E-state index contributed by atoms with van der Waals surface area (Å²) in [6, 6.07) is 11.7. The number of sulfonamides is 1. The maximum Gasteiger partial charge on any atom is 0.262 e. The molecule has 1 aromatic heterocycles. The van der Waals surface area contributed by atoms with Gasteiger partial charge in [0.05, 0.1) is 38.0 Å². The van der Waals surface area contributed by atoms with E-state index in [0.29, 0.717) is 22.1 Å². The van der Waals surface area contributed by atoms with Crippen LogP contribution in [0.3, 0.4) is 0 Å². The summed E-state index contributed by atoms with van der Waals surface area (Å²) >= 11 is 6.10. The zero-order chi connectivity index (χ0) is 20.6. The summed E-state index contributed by atoms with van der Waals surface area (Å²) in [5.41, 5.74) is 3.92. The number of rotatable bonds is 3. The van der Waals surface area contributed by atoms with E-state index in [2.05, 4.69) is 25.5 Å². The number of anilines is 1. The number of hydrogen-bond acceptors (Lipinski definition) is 4. The Hall–Kier alpha value is -2.18. The molecule has 2 atom stereocenters. The van der Waals surface area contributed by atoms with E-state index < -0.39 is 10.0 Å². The normalized spacial score (nSPS) is 24.6. The zero-order valence-electron chi connectivity index (χ0n) is 16.5. The van der Waals surface area contributed by atoms with Crippen LogP contribution in [0, 0.1) is 5.41 Å². The molecule has 0 spiro atoms. The Kier molecular flexibility index (Phi) is 3.84. The fraction of sp³-hybridized carbons (Fsp3) is 0.364. The first-order valence-electron chi connectivity index (χ1n) is 9.73. The molecular formula is C22H22ClN3O2S. The highest BCUT2D eigenvalue weighted by Gasteiger charge is 2.61. The van der Waals surface area contributed by atoms with Crippen molar-refractivity contribution in [2.75, 3.05) is 4.72 Å². The van der Waals surface area contributed by atoms with E-state index >= 15 is 0 Å². The van der Waals surface area contributed by atoms with Gasteiger partial charge in [-0.15, -0.1) is 0 Å². The van der Waals surface area contributed by atoms with Crippen LogP contribution >= 0.6 is 11.6 Å². The number of nitrogens with zero attached hydrogens (tertiary/aromatic N) is 2. The Labute approximate surface area is 175 Å². The number of hydrogen-bond donors (Lipinski definition) is 1. The van der Waals surface area contributed by atoms with Crippen molar-refractivity contribution in [3.63, 3.8) is 0 Å². The van der Waals surface area contributed by atoms with E-state index in [4.69, 9.17) is 21.6 Å². The molecule has 2 aromatic carbocycles. The molecule has 150 valence electrons. The third kappa shape index (κ3) is 2.55. The molecule has 0 amide bonds. The Balaban J connectivity index is 1.59. The van der Waals surface area contributed by atoms with Gasteiger partial charge in [0.1, 0.15) is 0 Å². The number of para-hydroxylation sites is 1. The molecule has 29 heavy (non-hydrogen) atoms. The van der Waals surface area contributed by atoms with E-state index in [0.717, 1.165) is 29.7 Å². The molecule has 0 radical (unpaired) electrons. The molecule has 5 rings (SSSR count). The minimum absolute atomic E-state index is 0.0184. The summed E-state index contributed by atoms with van der Waals surface area (Å²) in [7, 11) is -3.79. The second-order valence-corrected chi connectivity index (χ2v) is 10.9. The fourth-order valence-electron chi connectivity index (χ4n) is 5.01. The molecule has 2 bridgehead atoms. The summed E-state index contributed by atoms with van der Waals surface area (Å²) in [4.78, 5) is 9.97. The van der Waals surface area contributed by atoms with Crippen molar-refractivity contribution in [2.24, 2.45) is 5.41 Å². The first kappa shape index (κ1) is 18.8. The third-order valence-electron chi connectivity index (χ3n) is 7.17. The monoisotopic (exact) mass is 427 g/mol. The lowest BCUT2D eigenvalue weighted by Crippen LogP contribution is -2.31. The second-order valence-electron chi connectivity index (χ2n) is 8.84. The predicted octanol–water partition coefficient (Wildman–Crippen LogP) is 5.26. The van der Waals surface area contributed by atoms with Gasteiger partial charge in [0.25, 0.3) is 10.0 Å². The van der Waals surface area contributed by atoms with Gasteiger partial charge in [-0.3, -0.25) is 4.72 Å². The highest BCUT2D eigenvalue weighted by Crippen LogP contribution is 2.66. The van der Waals surface area contributed by atoms with E-state index in [9.17, 15) is 8.42 Å². The fourth-order valence-corrected chi connectivity index (χ4v) is 6.35. The predicted molar refractivity (Wildman–Crippen MR) is 115 cm³/mol. The highest BCUT2D eigenvalue weighted by atomic mass is 35.5. The molecule has 2 aliphatic carbocycles. The van der Waals surface area contributed by atoms with Gasteiger partial charge in [-0.1, -0.05) is 44.5 Å². The lowest BCUT2D eigenvalue weighted by Gasteiger charge is -2.34. The smallest absolute Gasteiger partial charge is 0.262 e. The van der Waals surface area contributed by atoms with Crippen molar-refractivity contribution >= 4 is 38.3 Å². The Morgan fingerprint density at radius 1 is 1.07 bits per heavy atom. The third-order valence-corrected chi connectivity index (χ3v) is 8.86. The van der Waals surface area contributed by atoms with Crippen LogP contribution in [0.25, 0.3) is 11.0 Å². The SMILES string of the molecule is CC1(C)[C@H]2CC[C@]1(C)c1nc3ccc(S(=O)(=O)Nc4ccccc4Cl)cc3nc12. The number of fused-ring (bicyclic) bond motifs is 6. The Morgan fingerprint density at radius 3 is 2.59 bits per heavy atom. The van der Waals surface area contributed by atoms with Gasteiger partial charge in [-0.2, -0.15) is 0 Å². The van der Waals surface area contributed by atoms with Crippen molar-refractivity contribution in [2.45, 2.75) is 49.8 Å². The maximum atomic E-state index is 12.9. The molecule has 7 heteroatoms. The van der Waals surface area contributed by atoms with Crippen molar-refractivity contribution < 1.29 is 8.42 Å². The lowest BCUT2D eigenvalue weighted by atomic mass is 9.70. The van der Waals surface area contributed by atoms with Gasteiger partial charge >= 0.3 is 0 Å². The first-order chi connectivity index (χ1) is 13.6. The van der Waals surface area contributed by atoms with Crippen LogP contribution in [0.1, 0.15) is 50.9 Å². The molecule has 1 heterocycles. The minimum Gasteiger partial charge on any atom is -0.278 e. The van der Waals surface area contributed by atoms with Crippen LogP contribution in [-0.2, 0) is 15.4 Å². The van der Waals surface area contributed by atoms with E-state index in [-0.39, 0.29) is 15.7 Å². The van der Waals surface area contributed by atoms with E-state index in [1.54, 1.807) is 42.5 Å². The van der Waals surface area contributed by atoms with Crippen LogP contribution in [0.15, 0.2) is 47.4 Å². The van der Waals surface area contributed by atoms with E-state index in [1.165, 1.54) is 0 Å². The van der Waals surface area contributed by atoms with Gasteiger partial charge in [0.2, 0.25) is 0 Å². The average Bonchev–Trinajstić information content (AvgIpc) is 3.00. The molecule has 3 aromatic rings. The van der Waals surface area contributed by atoms with Crippen LogP contribution in [0.5, 0.6) is 0 Å². The first-order valence-corrected chi connectivity index (χ1v) is 11.6. The largest absolute Gasteiger partial charge is 0.278 e. The van der Waals surface area contributed by atoms with Crippen molar-refractivity contribution in [3.8, 4) is 0 Å². The summed E-state index contributed by atoms with van der Waals surface area (Å²) < 4.78 is 28.3. The van der Waals surface area contributed by atoms with Gasteiger partial charge in [-0.05, 0) is 48.6 Å². The van der Waals surface area contributed by atoms with Gasteiger partial charge in [-0.25, -0.2) is 18.4 Å². The summed E-state index contributed by atoms with van der Waals surface area (Å²) in [5.74, 6) is 0.362. The van der Waals surface area contributed by atoms with Crippen molar-refractivity contribution in [1.82, 2.24) is 9.97 Å². The molecule has 1 N–H and O–H groups in total. The van der Waals surface area contributed by atoms with Gasteiger partial charge in [0.15, 0.2) is 0 Å². The average molecular weight is 428 g/mol. The van der Waals surface area contributed by atoms with Crippen LogP contribution in [0.4, 0.5) is 5.69 Å². The van der Waals surface area contributed by atoms with Gasteiger partial charge < -0.3 is 0 Å². The molecule has 2 aliphatic rings. The number of benzene rings is 2. The van der Waals surface area contributed by atoms with Crippen molar-refractivity contribution in [1.29, 1.82) is 0 Å². The molecule has 1 fully saturated rings. The van der Waals surface area contributed by atoms with Crippen molar-refractivity contribution in [3.05, 3.63) is 58.9 Å². The number of nitrogens with one attached hydrogen (secondary N) is 1. The topological polar surface area (TPSA) is 72.0 Å². The number of halogens is 1. The Bertz CT molecular complexity index is 1270. The Morgan fingerprint density at radius 2 is 1.83 bits per heavy atom. The zero-order valence-corrected chi connectivity index (χ0v) is 18.1. The summed E-state index contributed by atoms with van der Waals surface area (Å²) in [6.45, 7) is 6.87. The standard InChI is InChI=1S/C22H22ClN3O2S/c1-21(2)14-10-11-22(21,3)20-19(14)24-18-12-13(8-9-17(18)25-20)29(27,28)26-16-7-5-4-6-15(16)23/h4-9,12,14,26H,10-11H2,1-3H3/t14-,22+/m0/s1. The number of aromatic nitrogens is 2. The molecule has 0 unspecified atom stereocenters. The highest BCUT2D eigenvalue weighted by molar-refractivity contribution is 7.92. The minimum atomic E-state index is -3.79. The lowest BCUT2D eigenvalue weighted by molar-refractivity contribution is 0.227. The van der Waals surface area contributed by atoms with E-state index in [1.807, 2.05) is 0 Å². The van der Waals surface area contributed by atoms with Crippen LogP contribution in [-0.4, -0.2) is 18.4 Å². The molecule has 0 aliphatic heterocycles. The molecule has 1 saturated carbocycles. The van der Waals surface area contributed by atoms with Gasteiger partial charge in [0, 0.05) is 11.3 Å². The summed E-state index contributed by atoms with van der Waals surface area (Å²) in [6.07, 6.45) is 2.22. The molecule has 5 nitrogen and oxygen atoms in total. The van der Waals surface area contributed by atoms with Crippen LogP contribution < -0.4 is 4.72 Å². The quantitative estimate of drug-likeness (QED) is 0.618. The second kappa shape index (κ2) is 5.92. The molecular weight excluding hydrogens is 406 g/mol. The maximum absolute atomic E-state index is 12.9. The summed E-state index contributed by atoms with van der Waals surface area (Å²) in [5, 5.41) is 0.348.